The van der Waals surface area contributed by atoms with Crippen molar-refractivity contribution < 1.29 is 4.92 Å². The molecule has 0 radical (unpaired) electrons. The minimum absolute atomic E-state index is 0.442. The molecule has 0 aromatic heterocycles. The molecule has 0 heterocycles. The summed E-state index contributed by atoms with van der Waals surface area (Å²) in [7, 11) is 0. The lowest BCUT2D eigenvalue weighted by Gasteiger charge is -1.90. The van der Waals surface area contributed by atoms with Gasteiger partial charge in [-0.05, 0) is 12.5 Å². The maximum Gasteiger partial charge on any atom is 0.254 e. The number of nitrogens with zero attached hydrogens (tertiary/aromatic N) is 1. The van der Waals surface area contributed by atoms with Crippen molar-refractivity contribution in [3.05, 3.63) is 20.6 Å². The smallest absolute Gasteiger partial charge is 0.254 e. The van der Waals surface area contributed by atoms with E-state index in [9.17, 15) is 10.1 Å². The van der Waals surface area contributed by atoms with Crippen molar-refractivity contribution in [2.75, 3.05) is 12.5 Å². The van der Waals surface area contributed by atoms with Crippen LogP contribution in [-0.4, -0.2) is 17.4 Å². The molecule has 0 rings (SSSR count). The summed E-state index contributed by atoms with van der Waals surface area (Å²) in [6.07, 6.45) is 4.63. The molecule has 52 valence electrons. The lowest BCUT2D eigenvalue weighted by atomic mass is 11.6. The monoisotopic (exact) mass is 167 g/mol. The van der Waals surface area contributed by atoms with Crippen molar-refractivity contribution in [3.8, 4) is 0 Å². The van der Waals surface area contributed by atoms with Crippen molar-refractivity contribution in [1.29, 1.82) is 0 Å². The molecule has 0 atom stereocenters. The zero-order chi connectivity index (χ0) is 7.28. The topological polar surface area (TPSA) is 43.1 Å². The lowest BCUT2D eigenvalue weighted by Crippen LogP contribution is -1.83. The highest BCUT2D eigenvalue weighted by atomic mass is 32.2. The van der Waals surface area contributed by atoms with Gasteiger partial charge in [0.25, 0.3) is 6.20 Å². The van der Waals surface area contributed by atoms with E-state index in [-0.39, 0.29) is 0 Å². The molecule has 0 aromatic carbocycles. The van der Waals surface area contributed by atoms with E-state index in [1.54, 1.807) is 0 Å². The van der Waals surface area contributed by atoms with Crippen LogP contribution in [0.2, 0.25) is 0 Å². The summed E-state index contributed by atoms with van der Waals surface area (Å²) in [5.74, 6) is 0. The van der Waals surface area contributed by atoms with E-state index in [1.165, 1.54) is 23.5 Å². The molecule has 9 heavy (non-hydrogen) atoms. The molecule has 0 bridgehead atoms. The Labute approximate surface area is 62.0 Å². The van der Waals surface area contributed by atoms with E-state index in [4.69, 9.17) is 0 Å². The van der Waals surface area contributed by atoms with Crippen LogP contribution >= 0.6 is 23.5 Å². The van der Waals surface area contributed by atoms with Gasteiger partial charge >= 0.3 is 0 Å². The average Bonchev–Trinajstić information content (AvgIpc) is 1.82. The number of nitro groups is 1. The highest BCUT2D eigenvalue weighted by molar-refractivity contribution is 8.21. The number of hydrogen-bond donors (Lipinski definition) is 0. The van der Waals surface area contributed by atoms with Crippen LogP contribution in [0.25, 0.3) is 0 Å². The molecular weight excluding hydrogens is 160 g/mol. The highest BCUT2D eigenvalue weighted by Crippen LogP contribution is 2.22. The van der Waals surface area contributed by atoms with Crippen molar-refractivity contribution in [3.63, 3.8) is 0 Å². The minimum atomic E-state index is -0.442. The SMILES string of the molecule is CSC(=[14CH][N+](=O)[O-])SC. The Morgan fingerprint density at radius 2 is 2.00 bits per heavy atom. The van der Waals surface area contributed by atoms with Gasteiger partial charge in [-0.15, -0.1) is 23.5 Å². The van der Waals surface area contributed by atoms with Gasteiger partial charge in [-0.1, -0.05) is 0 Å². The van der Waals surface area contributed by atoms with Crippen LogP contribution < -0.4 is 0 Å². The van der Waals surface area contributed by atoms with Crippen LogP contribution in [0.1, 0.15) is 0 Å². The first kappa shape index (κ1) is 8.84. The Hall–Kier alpha value is -0.160. The molecular formula is C4H7NO2S2. The molecule has 0 saturated carbocycles. The number of thioether (sulfide) groups is 2. The first-order chi connectivity index (χ1) is 4.20. The van der Waals surface area contributed by atoms with Crippen LogP contribution in [0.5, 0.6) is 0 Å². The summed E-state index contributed by atoms with van der Waals surface area (Å²) in [4.78, 5) is 9.39. The molecule has 0 unspecified atom stereocenters. The summed E-state index contributed by atoms with van der Waals surface area (Å²) in [6, 6.07) is 0. The number of hydrogen-bond acceptors (Lipinski definition) is 4. The predicted molar refractivity (Wildman–Crippen MR) is 42.1 cm³/mol. The van der Waals surface area contributed by atoms with Crippen LogP contribution in [0.4, 0.5) is 0 Å². The first-order valence-corrected chi connectivity index (χ1v) is 4.59. The summed E-state index contributed by atoms with van der Waals surface area (Å²) >= 11 is 2.76. The van der Waals surface area contributed by atoms with Crippen molar-refractivity contribution >= 4 is 23.5 Å². The lowest BCUT2D eigenvalue weighted by molar-refractivity contribution is -0.402. The molecule has 0 spiro atoms. The van der Waals surface area contributed by atoms with Crippen LogP contribution in [0.3, 0.4) is 0 Å². The molecule has 0 aliphatic heterocycles. The van der Waals surface area contributed by atoms with E-state index < -0.39 is 4.92 Å². The molecule has 0 aromatic rings. The molecule has 0 saturated heterocycles. The van der Waals surface area contributed by atoms with E-state index in [0.29, 0.717) is 0 Å². The minimum Gasteiger partial charge on any atom is -0.259 e. The fourth-order valence-electron chi connectivity index (χ4n) is 0.275. The Balaban J connectivity index is 3.91. The molecule has 0 amide bonds. The van der Waals surface area contributed by atoms with Crippen LogP contribution in [0.15, 0.2) is 10.4 Å². The van der Waals surface area contributed by atoms with Gasteiger partial charge in [0, 0.05) is 0 Å². The van der Waals surface area contributed by atoms with Gasteiger partial charge < -0.3 is 0 Å². The number of rotatable bonds is 3. The Morgan fingerprint density at radius 1 is 1.56 bits per heavy atom. The quantitative estimate of drug-likeness (QED) is 0.474. The maximum atomic E-state index is 9.83. The molecule has 3 nitrogen and oxygen atoms in total. The summed E-state index contributed by atoms with van der Waals surface area (Å²) < 4.78 is 0.722. The van der Waals surface area contributed by atoms with Gasteiger partial charge in [0.1, 0.15) is 4.24 Å². The molecule has 0 aliphatic rings. The highest BCUT2D eigenvalue weighted by Gasteiger charge is 1.96. The van der Waals surface area contributed by atoms with E-state index in [2.05, 4.69) is 0 Å². The second kappa shape index (κ2) is 4.69. The second-order valence-electron chi connectivity index (χ2n) is 1.14. The average molecular weight is 167 g/mol. The van der Waals surface area contributed by atoms with Gasteiger partial charge in [-0.2, -0.15) is 0 Å². The Kier molecular flexibility index (Phi) is 4.61. The zero-order valence-electron chi connectivity index (χ0n) is 5.16. The maximum absolute atomic E-state index is 9.83. The van der Waals surface area contributed by atoms with Crippen LogP contribution in [0, 0.1) is 10.1 Å². The van der Waals surface area contributed by atoms with Gasteiger partial charge in [-0.25, -0.2) is 0 Å². The second-order valence-corrected chi connectivity index (χ2v) is 3.10. The largest absolute Gasteiger partial charge is 0.259 e. The third-order valence-corrected chi connectivity index (χ3v) is 2.63. The molecule has 0 N–H and O–H groups in total. The molecule has 0 fully saturated rings. The first-order valence-electron chi connectivity index (χ1n) is 2.14. The predicted octanol–water partition coefficient (Wildman–Crippen LogP) is 1.79. The molecule has 5 heteroatoms. The van der Waals surface area contributed by atoms with Gasteiger partial charge in [-0.3, -0.25) is 10.1 Å². The van der Waals surface area contributed by atoms with Crippen molar-refractivity contribution in [2.24, 2.45) is 0 Å². The Bertz CT molecular complexity index is 129. The van der Waals surface area contributed by atoms with E-state index >= 15 is 0 Å². The third kappa shape index (κ3) is 4.35. The van der Waals surface area contributed by atoms with Crippen LogP contribution in [-0.2, 0) is 0 Å². The summed E-state index contributed by atoms with van der Waals surface area (Å²) in [6.45, 7) is 0. The van der Waals surface area contributed by atoms with Crippen molar-refractivity contribution in [1.82, 2.24) is 0 Å². The van der Waals surface area contributed by atoms with Crippen molar-refractivity contribution in [2.45, 2.75) is 0 Å². The summed E-state index contributed by atoms with van der Waals surface area (Å²) in [5, 5.41) is 9.83. The Morgan fingerprint density at radius 3 is 2.11 bits per heavy atom. The van der Waals surface area contributed by atoms with E-state index in [0.717, 1.165) is 10.4 Å². The van der Waals surface area contributed by atoms with Gasteiger partial charge in [0.15, 0.2) is 0 Å². The van der Waals surface area contributed by atoms with Gasteiger partial charge in [0.05, 0.1) is 4.92 Å². The van der Waals surface area contributed by atoms with Gasteiger partial charge in [0.2, 0.25) is 0 Å². The third-order valence-electron chi connectivity index (χ3n) is 0.613. The fourth-order valence-corrected chi connectivity index (χ4v) is 1.32. The fraction of sp³-hybridized carbons (Fsp3) is 0.500. The van der Waals surface area contributed by atoms with E-state index in [1.807, 2.05) is 12.5 Å². The molecule has 0 aliphatic carbocycles. The normalized spacial score (nSPS) is 8.67. The zero-order valence-corrected chi connectivity index (χ0v) is 6.79. The summed E-state index contributed by atoms with van der Waals surface area (Å²) in [5.41, 5.74) is 0. The standard InChI is InChI=1S/C4H7NO2S2/c1-8-4(9-2)3-5(6)7/h3H,1-2H3/i3+2.